The maximum atomic E-state index is 12.6. The molecule has 2 heterocycles. The van der Waals surface area contributed by atoms with Gasteiger partial charge in [-0.05, 0) is 18.2 Å². The number of hydrogen-bond acceptors (Lipinski definition) is 3. The fraction of sp³-hybridized carbons (Fsp3) is 0.143. The van der Waals surface area contributed by atoms with E-state index in [1.807, 2.05) is 24.3 Å². The van der Waals surface area contributed by atoms with Gasteiger partial charge in [0, 0.05) is 29.6 Å². The summed E-state index contributed by atoms with van der Waals surface area (Å²) >= 11 is 7.82. The molecule has 1 aliphatic heterocycles. The summed E-state index contributed by atoms with van der Waals surface area (Å²) in [4.78, 5) is 19.4. The fourth-order valence-corrected chi connectivity index (χ4v) is 3.27. The number of anilines is 1. The number of fused-ring (bicyclic) bond motifs is 1. The van der Waals surface area contributed by atoms with Gasteiger partial charge in [-0.3, -0.25) is 9.78 Å². The molecule has 0 spiro atoms. The number of carbonyl (C=O) groups is 1. The molecule has 0 aliphatic carbocycles. The second-order valence-electron chi connectivity index (χ2n) is 4.13. The average molecular weight is 291 g/mol. The Morgan fingerprint density at radius 1 is 1.32 bits per heavy atom. The van der Waals surface area contributed by atoms with E-state index < -0.39 is 0 Å². The fourth-order valence-electron chi connectivity index (χ4n) is 2.07. The molecule has 5 heteroatoms. The number of para-hydroxylation sites is 1. The van der Waals surface area contributed by atoms with Gasteiger partial charge in [0.15, 0.2) is 0 Å². The molecule has 2 aromatic rings. The van der Waals surface area contributed by atoms with Crippen molar-refractivity contribution in [3.05, 3.63) is 53.3 Å². The first-order valence-electron chi connectivity index (χ1n) is 5.90. The lowest BCUT2D eigenvalue weighted by molar-refractivity contribution is 0.0987. The zero-order valence-corrected chi connectivity index (χ0v) is 11.6. The topological polar surface area (TPSA) is 33.2 Å². The Bertz CT molecular complexity index is 632. The lowest BCUT2D eigenvalue weighted by atomic mass is 10.2. The van der Waals surface area contributed by atoms with Crippen LogP contribution in [0.25, 0.3) is 0 Å². The van der Waals surface area contributed by atoms with Gasteiger partial charge in [-0.1, -0.05) is 23.7 Å². The molecule has 96 valence electrons. The molecule has 1 amide bonds. The standard InChI is InChI=1S/C14H11ClN2OS/c15-11-9-16-6-5-10(11)14(18)17-7-8-19-13-4-2-1-3-12(13)17/h1-6,9H,7-8H2. The van der Waals surface area contributed by atoms with Crippen LogP contribution in [0.2, 0.25) is 5.02 Å². The third-order valence-corrected chi connectivity index (χ3v) is 4.32. The number of rotatable bonds is 1. The molecule has 1 aliphatic rings. The lowest BCUT2D eigenvalue weighted by Crippen LogP contribution is -2.35. The molecule has 0 radical (unpaired) electrons. The molecule has 3 rings (SSSR count). The molecule has 0 saturated heterocycles. The average Bonchev–Trinajstić information content (AvgIpc) is 2.46. The molecule has 0 N–H and O–H groups in total. The van der Waals surface area contributed by atoms with Crippen molar-refractivity contribution in [2.45, 2.75) is 4.90 Å². The number of halogens is 1. The third kappa shape index (κ3) is 2.33. The van der Waals surface area contributed by atoms with E-state index >= 15 is 0 Å². The van der Waals surface area contributed by atoms with Gasteiger partial charge in [0.05, 0.1) is 16.3 Å². The number of pyridine rings is 1. The Labute approximate surface area is 120 Å². The maximum absolute atomic E-state index is 12.6. The summed E-state index contributed by atoms with van der Waals surface area (Å²) in [6, 6.07) is 9.59. The number of aromatic nitrogens is 1. The van der Waals surface area contributed by atoms with Crippen LogP contribution in [-0.4, -0.2) is 23.2 Å². The quantitative estimate of drug-likeness (QED) is 0.806. The molecule has 0 saturated carbocycles. The van der Waals surface area contributed by atoms with Crippen molar-refractivity contribution in [3.8, 4) is 0 Å². The van der Waals surface area contributed by atoms with E-state index in [0.29, 0.717) is 17.1 Å². The minimum absolute atomic E-state index is 0.0693. The summed E-state index contributed by atoms with van der Waals surface area (Å²) in [5.41, 5.74) is 1.45. The summed E-state index contributed by atoms with van der Waals surface area (Å²) in [5, 5.41) is 0.392. The SMILES string of the molecule is O=C(c1ccncc1Cl)N1CCSc2ccccc21. The minimum atomic E-state index is -0.0693. The summed E-state index contributed by atoms with van der Waals surface area (Å²) in [7, 11) is 0. The van der Waals surface area contributed by atoms with Crippen LogP contribution in [0.15, 0.2) is 47.6 Å². The molecule has 3 nitrogen and oxygen atoms in total. The van der Waals surface area contributed by atoms with Crippen LogP contribution >= 0.6 is 23.4 Å². The number of nitrogens with zero attached hydrogens (tertiary/aromatic N) is 2. The van der Waals surface area contributed by atoms with Crippen molar-refractivity contribution >= 4 is 35.0 Å². The first-order chi connectivity index (χ1) is 9.27. The third-order valence-electron chi connectivity index (χ3n) is 2.98. The van der Waals surface area contributed by atoms with E-state index in [9.17, 15) is 4.79 Å². The van der Waals surface area contributed by atoms with Gasteiger partial charge in [-0.2, -0.15) is 0 Å². The molecular weight excluding hydrogens is 280 g/mol. The van der Waals surface area contributed by atoms with Crippen LogP contribution in [0.4, 0.5) is 5.69 Å². The summed E-state index contributed by atoms with van der Waals surface area (Å²) in [5.74, 6) is 0.825. The van der Waals surface area contributed by atoms with Gasteiger partial charge >= 0.3 is 0 Å². The van der Waals surface area contributed by atoms with Crippen molar-refractivity contribution in [2.75, 3.05) is 17.2 Å². The van der Waals surface area contributed by atoms with Gasteiger partial charge in [0.2, 0.25) is 0 Å². The largest absolute Gasteiger partial charge is 0.306 e. The van der Waals surface area contributed by atoms with E-state index in [2.05, 4.69) is 4.98 Å². The van der Waals surface area contributed by atoms with Crippen molar-refractivity contribution in [1.82, 2.24) is 4.98 Å². The molecule has 0 fully saturated rings. The number of amides is 1. The zero-order valence-electron chi connectivity index (χ0n) is 10.0. The maximum Gasteiger partial charge on any atom is 0.259 e. The number of thioether (sulfide) groups is 1. The second-order valence-corrected chi connectivity index (χ2v) is 5.67. The van der Waals surface area contributed by atoms with Crippen molar-refractivity contribution in [3.63, 3.8) is 0 Å². The molecular formula is C14H11ClN2OS. The van der Waals surface area contributed by atoms with E-state index in [-0.39, 0.29) is 5.91 Å². The highest BCUT2D eigenvalue weighted by atomic mass is 35.5. The van der Waals surface area contributed by atoms with Gasteiger partial charge < -0.3 is 4.90 Å². The highest BCUT2D eigenvalue weighted by molar-refractivity contribution is 7.99. The molecule has 1 aromatic carbocycles. The number of hydrogen-bond donors (Lipinski definition) is 0. The Balaban J connectivity index is 2.00. The van der Waals surface area contributed by atoms with Crippen molar-refractivity contribution in [1.29, 1.82) is 0 Å². The predicted molar refractivity (Wildman–Crippen MR) is 78.1 cm³/mol. The molecule has 19 heavy (non-hydrogen) atoms. The number of benzene rings is 1. The van der Waals surface area contributed by atoms with E-state index in [1.165, 1.54) is 6.20 Å². The Morgan fingerprint density at radius 3 is 3.00 bits per heavy atom. The second kappa shape index (κ2) is 5.23. The first kappa shape index (κ1) is 12.5. The first-order valence-corrected chi connectivity index (χ1v) is 7.27. The highest BCUT2D eigenvalue weighted by Gasteiger charge is 2.24. The van der Waals surface area contributed by atoms with E-state index in [4.69, 9.17) is 11.6 Å². The van der Waals surface area contributed by atoms with Crippen LogP contribution in [0.5, 0.6) is 0 Å². The van der Waals surface area contributed by atoms with Crippen LogP contribution in [0.3, 0.4) is 0 Å². The molecule has 1 aromatic heterocycles. The Morgan fingerprint density at radius 2 is 2.16 bits per heavy atom. The highest BCUT2D eigenvalue weighted by Crippen LogP contribution is 2.35. The van der Waals surface area contributed by atoms with E-state index in [0.717, 1.165) is 16.3 Å². The Hall–Kier alpha value is -1.52. The van der Waals surface area contributed by atoms with E-state index in [1.54, 1.807) is 28.9 Å². The van der Waals surface area contributed by atoms with Crippen LogP contribution in [-0.2, 0) is 0 Å². The van der Waals surface area contributed by atoms with Gasteiger partial charge in [0.25, 0.3) is 5.91 Å². The zero-order chi connectivity index (χ0) is 13.2. The monoisotopic (exact) mass is 290 g/mol. The number of carbonyl (C=O) groups excluding carboxylic acids is 1. The van der Waals surface area contributed by atoms with Crippen LogP contribution in [0, 0.1) is 0 Å². The van der Waals surface area contributed by atoms with Crippen molar-refractivity contribution in [2.24, 2.45) is 0 Å². The van der Waals surface area contributed by atoms with Gasteiger partial charge in [0.1, 0.15) is 0 Å². The normalized spacial score (nSPS) is 14.1. The predicted octanol–water partition coefficient (Wildman–Crippen LogP) is 3.49. The molecule has 0 unspecified atom stereocenters. The molecule has 0 bridgehead atoms. The summed E-state index contributed by atoms with van der Waals surface area (Å²) < 4.78 is 0. The summed E-state index contributed by atoms with van der Waals surface area (Å²) in [6.45, 7) is 0.694. The Kier molecular flexibility index (Phi) is 3.44. The van der Waals surface area contributed by atoms with Gasteiger partial charge in [-0.25, -0.2) is 0 Å². The van der Waals surface area contributed by atoms with Crippen LogP contribution in [0.1, 0.15) is 10.4 Å². The van der Waals surface area contributed by atoms with Crippen LogP contribution < -0.4 is 4.90 Å². The van der Waals surface area contributed by atoms with Crippen molar-refractivity contribution < 1.29 is 4.79 Å². The summed E-state index contributed by atoms with van der Waals surface area (Å²) in [6.07, 6.45) is 3.09. The lowest BCUT2D eigenvalue weighted by Gasteiger charge is -2.29. The minimum Gasteiger partial charge on any atom is -0.306 e. The van der Waals surface area contributed by atoms with Gasteiger partial charge in [-0.15, -0.1) is 11.8 Å². The smallest absolute Gasteiger partial charge is 0.259 e. The molecule has 0 atom stereocenters.